The number of esters is 1. The van der Waals surface area contributed by atoms with Gasteiger partial charge in [-0.15, -0.1) is 0 Å². The van der Waals surface area contributed by atoms with E-state index in [4.69, 9.17) is 23.4 Å². The van der Waals surface area contributed by atoms with Crippen LogP contribution < -0.4 is 24.4 Å². The van der Waals surface area contributed by atoms with E-state index in [1.165, 1.54) is 13.4 Å². The summed E-state index contributed by atoms with van der Waals surface area (Å²) in [7, 11) is 1.54. The number of fused-ring (bicyclic) bond motifs is 2. The summed E-state index contributed by atoms with van der Waals surface area (Å²) in [6.45, 7) is 2.97. The number of carbonyl (C=O) groups is 1. The quantitative estimate of drug-likeness (QED) is 0.274. The van der Waals surface area contributed by atoms with E-state index >= 15 is 0 Å². The van der Waals surface area contributed by atoms with Crippen molar-refractivity contribution in [1.29, 1.82) is 0 Å². The average Bonchev–Trinajstić information content (AvgIpc) is 2.89. The molecule has 1 aliphatic rings. The molecular formula is C28H24O7. The van der Waals surface area contributed by atoms with Gasteiger partial charge in [0.25, 0.3) is 0 Å². The van der Waals surface area contributed by atoms with E-state index in [9.17, 15) is 9.59 Å². The lowest BCUT2D eigenvalue weighted by Gasteiger charge is -2.18. The molecule has 2 heterocycles. The second-order valence-electron chi connectivity index (χ2n) is 8.16. The fourth-order valence-corrected chi connectivity index (χ4v) is 4.08. The standard InChI is InChI=1S/C28H24O7/c1-3-5-18-13-21-25(15-24(18)35-28(30)19-6-4-7-20(12-19)31-2)34-16-22(27(21)29)17-8-9-23-26(14-17)33-11-10-32-23/h4,6-9,12-16H,3,5,10-11H2,1-2H3. The zero-order valence-electron chi connectivity index (χ0n) is 19.5. The summed E-state index contributed by atoms with van der Waals surface area (Å²) in [5.41, 5.74) is 2.37. The van der Waals surface area contributed by atoms with E-state index < -0.39 is 5.97 Å². The van der Waals surface area contributed by atoms with Crippen LogP contribution in [0.15, 0.2) is 70.1 Å². The van der Waals surface area contributed by atoms with Crippen molar-refractivity contribution in [3.05, 3.63) is 82.2 Å². The third-order valence-corrected chi connectivity index (χ3v) is 5.84. The van der Waals surface area contributed by atoms with Gasteiger partial charge in [0, 0.05) is 6.07 Å². The minimum absolute atomic E-state index is 0.175. The lowest BCUT2D eigenvalue weighted by atomic mass is 10.0. The number of carbonyl (C=O) groups excluding carboxylic acids is 1. The van der Waals surface area contributed by atoms with Gasteiger partial charge in [-0.3, -0.25) is 4.79 Å². The Morgan fingerprint density at radius 3 is 2.63 bits per heavy atom. The van der Waals surface area contributed by atoms with Gasteiger partial charge in [-0.05, 0) is 53.9 Å². The smallest absolute Gasteiger partial charge is 0.343 e. The molecule has 3 aromatic carbocycles. The van der Waals surface area contributed by atoms with Crippen LogP contribution in [0.2, 0.25) is 0 Å². The maximum atomic E-state index is 13.4. The molecule has 0 aliphatic carbocycles. The van der Waals surface area contributed by atoms with E-state index in [-0.39, 0.29) is 5.43 Å². The first kappa shape index (κ1) is 22.5. The molecule has 0 fully saturated rings. The van der Waals surface area contributed by atoms with Gasteiger partial charge in [0.05, 0.1) is 23.6 Å². The molecule has 5 rings (SSSR count). The summed E-state index contributed by atoms with van der Waals surface area (Å²) in [6, 6.07) is 15.5. The minimum Gasteiger partial charge on any atom is -0.497 e. The van der Waals surface area contributed by atoms with E-state index in [1.807, 2.05) is 13.0 Å². The molecule has 0 unspecified atom stereocenters. The van der Waals surface area contributed by atoms with Crippen molar-refractivity contribution >= 4 is 16.9 Å². The molecule has 0 spiro atoms. The first-order valence-corrected chi connectivity index (χ1v) is 11.4. The molecule has 178 valence electrons. The molecule has 0 saturated heterocycles. The van der Waals surface area contributed by atoms with E-state index in [2.05, 4.69) is 0 Å². The van der Waals surface area contributed by atoms with Crippen molar-refractivity contribution in [2.24, 2.45) is 0 Å². The zero-order valence-corrected chi connectivity index (χ0v) is 19.5. The van der Waals surface area contributed by atoms with Crippen molar-refractivity contribution in [2.75, 3.05) is 20.3 Å². The van der Waals surface area contributed by atoms with Gasteiger partial charge in [0.15, 0.2) is 11.5 Å². The Bertz CT molecular complexity index is 1470. The third kappa shape index (κ3) is 4.45. The first-order valence-electron chi connectivity index (χ1n) is 11.4. The van der Waals surface area contributed by atoms with Crippen molar-refractivity contribution in [1.82, 2.24) is 0 Å². The van der Waals surface area contributed by atoms with Crippen LogP contribution in [0.3, 0.4) is 0 Å². The van der Waals surface area contributed by atoms with E-state index in [0.29, 0.717) is 70.3 Å². The topological polar surface area (TPSA) is 84.2 Å². The van der Waals surface area contributed by atoms with E-state index in [0.717, 1.165) is 12.0 Å². The third-order valence-electron chi connectivity index (χ3n) is 5.84. The summed E-state index contributed by atoms with van der Waals surface area (Å²) in [5, 5.41) is 0.419. The van der Waals surface area contributed by atoms with Crippen LogP contribution in [-0.2, 0) is 6.42 Å². The molecule has 0 radical (unpaired) electrons. The highest BCUT2D eigenvalue weighted by molar-refractivity contribution is 5.92. The van der Waals surface area contributed by atoms with Crippen molar-refractivity contribution < 1.29 is 28.2 Å². The molecular weight excluding hydrogens is 448 g/mol. The minimum atomic E-state index is -0.518. The fraction of sp³-hybridized carbons (Fsp3) is 0.214. The van der Waals surface area contributed by atoms with E-state index in [1.54, 1.807) is 48.5 Å². The maximum absolute atomic E-state index is 13.4. The van der Waals surface area contributed by atoms with Crippen LogP contribution in [-0.4, -0.2) is 26.3 Å². The Balaban J connectivity index is 1.53. The van der Waals surface area contributed by atoms with Crippen molar-refractivity contribution in [3.63, 3.8) is 0 Å². The molecule has 0 atom stereocenters. The normalized spacial score (nSPS) is 12.4. The van der Waals surface area contributed by atoms with Gasteiger partial charge in [-0.25, -0.2) is 4.79 Å². The first-order chi connectivity index (χ1) is 17.1. The Labute approximate surface area is 201 Å². The molecule has 0 bridgehead atoms. The molecule has 4 aromatic rings. The lowest BCUT2D eigenvalue weighted by molar-refractivity contribution is 0.0733. The average molecular weight is 472 g/mol. The largest absolute Gasteiger partial charge is 0.497 e. The number of benzene rings is 3. The van der Waals surface area contributed by atoms with Crippen LogP contribution in [0.25, 0.3) is 22.1 Å². The molecule has 0 saturated carbocycles. The second-order valence-corrected chi connectivity index (χ2v) is 8.16. The Kier molecular flexibility index (Phi) is 6.14. The van der Waals surface area contributed by atoms with Crippen LogP contribution in [0.4, 0.5) is 0 Å². The Hall–Kier alpha value is -4.26. The van der Waals surface area contributed by atoms with Gasteiger partial charge in [-0.1, -0.05) is 25.5 Å². The van der Waals surface area contributed by atoms with Gasteiger partial charge in [0.2, 0.25) is 5.43 Å². The van der Waals surface area contributed by atoms with Gasteiger partial charge in [0.1, 0.15) is 36.6 Å². The Morgan fingerprint density at radius 1 is 1.00 bits per heavy atom. The molecule has 1 aliphatic heterocycles. The molecule has 1 aromatic heterocycles. The van der Waals surface area contributed by atoms with Crippen LogP contribution in [0.1, 0.15) is 29.3 Å². The zero-order chi connectivity index (χ0) is 24.4. The predicted octanol–water partition coefficient (Wildman–Crippen LogP) is 5.41. The fourth-order valence-electron chi connectivity index (χ4n) is 4.08. The lowest BCUT2D eigenvalue weighted by Crippen LogP contribution is -2.15. The number of hydrogen-bond acceptors (Lipinski definition) is 7. The molecule has 0 N–H and O–H groups in total. The molecule has 35 heavy (non-hydrogen) atoms. The summed E-state index contributed by atoms with van der Waals surface area (Å²) >= 11 is 0. The van der Waals surface area contributed by atoms with Crippen LogP contribution in [0.5, 0.6) is 23.0 Å². The number of hydrogen-bond donors (Lipinski definition) is 0. The maximum Gasteiger partial charge on any atom is 0.343 e. The highest BCUT2D eigenvalue weighted by atomic mass is 16.6. The molecule has 0 amide bonds. The number of ether oxygens (including phenoxy) is 4. The number of methoxy groups -OCH3 is 1. The monoisotopic (exact) mass is 472 g/mol. The predicted molar refractivity (Wildman–Crippen MR) is 131 cm³/mol. The summed E-state index contributed by atoms with van der Waals surface area (Å²) in [4.78, 5) is 26.2. The van der Waals surface area contributed by atoms with Crippen molar-refractivity contribution in [2.45, 2.75) is 19.8 Å². The number of aryl methyl sites for hydroxylation is 1. The van der Waals surface area contributed by atoms with Gasteiger partial charge in [-0.2, -0.15) is 0 Å². The second kappa shape index (κ2) is 9.54. The summed E-state index contributed by atoms with van der Waals surface area (Å²) in [5.74, 6) is 1.65. The Morgan fingerprint density at radius 2 is 1.83 bits per heavy atom. The van der Waals surface area contributed by atoms with Crippen molar-refractivity contribution in [3.8, 4) is 34.1 Å². The number of rotatable bonds is 6. The van der Waals surface area contributed by atoms with Crippen LogP contribution in [0, 0.1) is 0 Å². The van der Waals surface area contributed by atoms with Gasteiger partial charge < -0.3 is 23.4 Å². The highest BCUT2D eigenvalue weighted by Crippen LogP contribution is 2.35. The summed E-state index contributed by atoms with van der Waals surface area (Å²) in [6.07, 6.45) is 2.86. The van der Waals surface area contributed by atoms with Crippen LogP contribution >= 0.6 is 0 Å². The SMILES string of the molecule is CCCc1cc2c(=O)c(-c3ccc4c(c3)OCCO4)coc2cc1OC(=O)c1cccc(OC)c1. The van der Waals surface area contributed by atoms with Gasteiger partial charge >= 0.3 is 5.97 Å². The molecule has 7 heteroatoms. The highest BCUT2D eigenvalue weighted by Gasteiger charge is 2.19. The molecule has 7 nitrogen and oxygen atoms in total. The summed E-state index contributed by atoms with van der Waals surface area (Å²) < 4.78 is 28.0.